The van der Waals surface area contributed by atoms with Crippen LogP contribution in [0.25, 0.3) is 0 Å². The van der Waals surface area contributed by atoms with Gasteiger partial charge < -0.3 is 0 Å². The normalized spacial score (nSPS) is 25.5. The lowest BCUT2D eigenvalue weighted by Crippen LogP contribution is -2.32. The van der Waals surface area contributed by atoms with Crippen LogP contribution in [-0.2, 0) is 19.2 Å². The molecule has 0 bridgehead atoms. The van der Waals surface area contributed by atoms with Gasteiger partial charge in [0.2, 0.25) is 23.6 Å². The second-order valence-electron chi connectivity index (χ2n) is 5.09. The van der Waals surface area contributed by atoms with Crippen molar-refractivity contribution < 1.29 is 19.2 Å². The van der Waals surface area contributed by atoms with Gasteiger partial charge >= 0.3 is 0 Å². The monoisotopic (exact) mass is 336 g/mol. The van der Waals surface area contributed by atoms with Crippen LogP contribution >= 0.6 is 25.3 Å². The predicted molar refractivity (Wildman–Crippen MR) is 86.2 cm³/mol. The smallest absolute Gasteiger partial charge is 0.247 e. The number of hydrogen-bond donors (Lipinski definition) is 2. The minimum atomic E-state index is -0.626. The molecular formula is C14H12N2O4S2. The van der Waals surface area contributed by atoms with E-state index in [9.17, 15) is 19.2 Å². The Bertz CT molecular complexity index is 630. The summed E-state index contributed by atoms with van der Waals surface area (Å²) >= 11 is 8.13. The van der Waals surface area contributed by atoms with E-state index in [-0.39, 0.29) is 36.5 Å². The second kappa shape index (κ2) is 5.44. The van der Waals surface area contributed by atoms with E-state index >= 15 is 0 Å². The van der Waals surface area contributed by atoms with Gasteiger partial charge in [0.05, 0.1) is 21.9 Å². The molecule has 114 valence electrons. The molecule has 2 aliphatic heterocycles. The number of rotatable bonds is 2. The number of nitrogens with zero attached hydrogens (tertiary/aromatic N) is 2. The molecule has 0 saturated carbocycles. The molecule has 0 radical (unpaired) electrons. The summed E-state index contributed by atoms with van der Waals surface area (Å²) in [5.41, 5.74) is 0.800. The van der Waals surface area contributed by atoms with E-state index in [0.29, 0.717) is 11.4 Å². The molecular weight excluding hydrogens is 324 g/mol. The zero-order valence-electron chi connectivity index (χ0n) is 11.3. The van der Waals surface area contributed by atoms with E-state index < -0.39 is 10.5 Å². The molecule has 8 heteroatoms. The van der Waals surface area contributed by atoms with Crippen molar-refractivity contribution in [3.8, 4) is 0 Å². The minimum absolute atomic E-state index is 0.0636. The fraction of sp³-hybridized carbons (Fsp3) is 0.286. The Morgan fingerprint density at radius 3 is 1.27 bits per heavy atom. The van der Waals surface area contributed by atoms with Crippen LogP contribution in [-0.4, -0.2) is 34.1 Å². The van der Waals surface area contributed by atoms with E-state index in [1.165, 1.54) is 24.3 Å². The lowest BCUT2D eigenvalue weighted by Gasteiger charge is -2.17. The van der Waals surface area contributed by atoms with Gasteiger partial charge in [-0.3, -0.25) is 19.2 Å². The summed E-state index contributed by atoms with van der Waals surface area (Å²) in [6, 6.07) is 6.12. The number of imide groups is 2. The van der Waals surface area contributed by atoms with Gasteiger partial charge in [0.1, 0.15) is 0 Å². The molecule has 0 unspecified atom stereocenters. The molecule has 4 amide bonds. The number of thiol groups is 2. The zero-order chi connectivity index (χ0) is 16.0. The standard InChI is InChI=1S/C14H12N2O4S2/c17-11-5-9(21)13(19)15(11)7-1-2-8(4-3-7)16-12(18)6-10(22)14(16)20/h1-4,9-10,21-22H,5-6H2/t9-,10-/m0/s1. The van der Waals surface area contributed by atoms with Crippen molar-refractivity contribution in [2.24, 2.45) is 0 Å². The molecule has 1 aromatic carbocycles. The third-order valence-corrected chi connectivity index (χ3v) is 4.42. The van der Waals surface area contributed by atoms with E-state index in [1.54, 1.807) is 0 Å². The van der Waals surface area contributed by atoms with Gasteiger partial charge in [-0.15, -0.1) is 0 Å². The van der Waals surface area contributed by atoms with Crippen LogP contribution in [0.15, 0.2) is 24.3 Å². The van der Waals surface area contributed by atoms with Gasteiger partial charge in [0.25, 0.3) is 0 Å². The Morgan fingerprint density at radius 1 is 0.727 bits per heavy atom. The van der Waals surface area contributed by atoms with E-state index in [4.69, 9.17) is 0 Å². The highest BCUT2D eigenvalue weighted by Gasteiger charge is 2.39. The van der Waals surface area contributed by atoms with Crippen molar-refractivity contribution in [3.05, 3.63) is 24.3 Å². The van der Waals surface area contributed by atoms with Crippen LogP contribution < -0.4 is 9.80 Å². The lowest BCUT2D eigenvalue weighted by atomic mass is 10.2. The van der Waals surface area contributed by atoms with Gasteiger partial charge in [0.15, 0.2) is 0 Å². The average molecular weight is 336 g/mol. The van der Waals surface area contributed by atoms with Crippen LogP contribution in [0.4, 0.5) is 11.4 Å². The maximum absolute atomic E-state index is 11.9. The maximum Gasteiger partial charge on any atom is 0.247 e. The van der Waals surface area contributed by atoms with Crippen LogP contribution in [0.5, 0.6) is 0 Å². The predicted octanol–water partition coefficient (Wildman–Crippen LogP) is 0.810. The van der Waals surface area contributed by atoms with Gasteiger partial charge in [-0.25, -0.2) is 9.80 Å². The van der Waals surface area contributed by atoms with Crippen molar-refractivity contribution in [1.82, 2.24) is 0 Å². The molecule has 2 heterocycles. The molecule has 0 aromatic heterocycles. The number of anilines is 2. The number of carbonyl (C=O) groups excluding carboxylic acids is 4. The van der Waals surface area contributed by atoms with Crippen LogP contribution in [0.3, 0.4) is 0 Å². The molecule has 3 rings (SSSR count). The third-order valence-electron chi connectivity index (χ3n) is 3.61. The molecule has 22 heavy (non-hydrogen) atoms. The molecule has 0 aliphatic carbocycles. The summed E-state index contributed by atoms with van der Waals surface area (Å²) in [4.78, 5) is 49.6. The van der Waals surface area contributed by atoms with Gasteiger partial charge in [-0.05, 0) is 24.3 Å². The number of amides is 4. The highest BCUT2D eigenvalue weighted by atomic mass is 32.1. The van der Waals surface area contributed by atoms with Crippen molar-refractivity contribution in [3.63, 3.8) is 0 Å². The van der Waals surface area contributed by atoms with E-state index in [0.717, 1.165) is 9.80 Å². The molecule has 2 atom stereocenters. The van der Waals surface area contributed by atoms with Crippen LogP contribution in [0, 0.1) is 0 Å². The van der Waals surface area contributed by atoms with Crippen LogP contribution in [0.2, 0.25) is 0 Å². The fourth-order valence-corrected chi connectivity index (χ4v) is 3.07. The topological polar surface area (TPSA) is 74.8 Å². The van der Waals surface area contributed by atoms with Crippen molar-refractivity contribution in [2.75, 3.05) is 9.80 Å². The summed E-state index contributed by atoms with van der Waals surface area (Å²) < 4.78 is 0. The summed E-state index contributed by atoms with van der Waals surface area (Å²) in [6.07, 6.45) is 0.127. The highest BCUT2D eigenvalue weighted by molar-refractivity contribution is 7.82. The first-order chi connectivity index (χ1) is 10.4. The number of benzene rings is 1. The zero-order valence-corrected chi connectivity index (χ0v) is 13.1. The lowest BCUT2D eigenvalue weighted by molar-refractivity contribution is -0.122. The first kappa shape index (κ1) is 15.1. The fourth-order valence-electron chi connectivity index (χ4n) is 2.53. The molecule has 6 nitrogen and oxygen atoms in total. The first-order valence-electron chi connectivity index (χ1n) is 6.60. The van der Waals surface area contributed by atoms with E-state index in [2.05, 4.69) is 25.3 Å². The molecule has 0 N–H and O–H groups in total. The summed E-state index contributed by atoms with van der Waals surface area (Å²) in [6.45, 7) is 0. The van der Waals surface area contributed by atoms with Crippen molar-refractivity contribution in [2.45, 2.75) is 23.3 Å². The summed E-state index contributed by atoms with van der Waals surface area (Å²) in [5.74, 6) is -1.38. The highest BCUT2D eigenvalue weighted by Crippen LogP contribution is 2.30. The summed E-state index contributed by atoms with van der Waals surface area (Å²) in [5, 5.41) is -1.25. The Hall–Kier alpha value is -1.80. The third kappa shape index (κ3) is 2.32. The van der Waals surface area contributed by atoms with Crippen molar-refractivity contribution in [1.29, 1.82) is 0 Å². The van der Waals surface area contributed by atoms with Crippen molar-refractivity contribution >= 4 is 60.3 Å². The quantitative estimate of drug-likeness (QED) is 0.619. The SMILES string of the molecule is O=C1C[C@H](S)C(=O)N1c1ccc(N2C(=O)C[C@H](S)C2=O)cc1. The maximum atomic E-state index is 11.9. The summed E-state index contributed by atoms with van der Waals surface area (Å²) in [7, 11) is 0. The number of carbonyl (C=O) groups is 4. The second-order valence-corrected chi connectivity index (χ2v) is 6.34. The molecule has 2 fully saturated rings. The first-order valence-corrected chi connectivity index (χ1v) is 7.63. The van der Waals surface area contributed by atoms with Gasteiger partial charge in [0, 0.05) is 12.8 Å². The molecule has 2 saturated heterocycles. The van der Waals surface area contributed by atoms with Gasteiger partial charge in [-0.1, -0.05) is 0 Å². The molecule has 0 spiro atoms. The van der Waals surface area contributed by atoms with Crippen LogP contribution in [0.1, 0.15) is 12.8 Å². The molecule has 1 aromatic rings. The Morgan fingerprint density at radius 2 is 1.05 bits per heavy atom. The Labute approximate surface area is 137 Å². The average Bonchev–Trinajstić information content (AvgIpc) is 2.87. The van der Waals surface area contributed by atoms with Gasteiger partial charge in [-0.2, -0.15) is 25.3 Å². The number of hydrogen-bond acceptors (Lipinski definition) is 6. The Kier molecular flexibility index (Phi) is 3.73. The minimum Gasteiger partial charge on any atom is -0.274 e. The largest absolute Gasteiger partial charge is 0.274 e. The Balaban J connectivity index is 1.88. The van der Waals surface area contributed by atoms with E-state index in [1.807, 2.05) is 0 Å². The molecule has 2 aliphatic rings.